The first-order chi connectivity index (χ1) is 18.6. The number of carbonyl (C=O) groups excluding carboxylic acids is 2. The third kappa shape index (κ3) is 8.56. The molecular weight excluding hydrogens is 593 g/mol. The molecule has 0 bridgehead atoms. The molecule has 10 nitrogen and oxygen atoms in total. The van der Waals surface area contributed by atoms with Crippen molar-refractivity contribution >= 4 is 62.7 Å². The number of halogens is 3. The third-order valence-corrected chi connectivity index (χ3v) is 9.23. The average Bonchev–Trinajstić information content (AvgIpc) is 3.34. The SMILES string of the molecule is CSc1sc(C(=N)N)cc1S(=O)(=O)c1cccc(-c2c(C)cccc2NC(=O)NCC(=O)O)c1.O=CC(F)(F)F. The van der Waals surface area contributed by atoms with Crippen LogP contribution in [0.2, 0.25) is 0 Å². The van der Waals surface area contributed by atoms with E-state index in [0.717, 1.165) is 16.9 Å². The van der Waals surface area contributed by atoms with Gasteiger partial charge < -0.3 is 21.5 Å². The van der Waals surface area contributed by atoms with Gasteiger partial charge in [0.2, 0.25) is 16.1 Å². The molecule has 0 fully saturated rings. The highest BCUT2D eigenvalue weighted by molar-refractivity contribution is 8.01. The number of carboxylic acid groups (broad SMARTS) is 1. The Hall–Kier alpha value is -3.89. The highest BCUT2D eigenvalue weighted by atomic mass is 32.2. The van der Waals surface area contributed by atoms with E-state index >= 15 is 0 Å². The fourth-order valence-corrected chi connectivity index (χ4v) is 7.15. The molecule has 0 spiro atoms. The Morgan fingerprint density at radius 1 is 1.18 bits per heavy atom. The summed E-state index contributed by atoms with van der Waals surface area (Å²) < 4.78 is 58.7. The van der Waals surface area contributed by atoms with Gasteiger partial charge in [0, 0.05) is 5.56 Å². The van der Waals surface area contributed by atoms with E-state index in [9.17, 15) is 31.2 Å². The number of hydrogen-bond donors (Lipinski definition) is 5. The second-order valence-corrected chi connectivity index (χ2v) is 11.8. The number of alkyl halides is 3. The molecule has 0 saturated carbocycles. The van der Waals surface area contributed by atoms with Gasteiger partial charge in [0.05, 0.1) is 24.6 Å². The third-order valence-electron chi connectivity index (χ3n) is 4.89. The van der Waals surface area contributed by atoms with Gasteiger partial charge in [-0.1, -0.05) is 24.3 Å². The summed E-state index contributed by atoms with van der Waals surface area (Å²) in [5.74, 6) is -1.38. The van der Waals surface area contributed by atoms with Crippen LogP contribution in [0.3, 0.4) is 0 Å². The van der Waals surface area contributed by atoms with Gasteiger partial charge in [-0.3, -0.25) is 15.0 Å². The second kappa shape index (κ2) is 13.5. The van der Waals surface area contributed by atoms with Crippen molar-refractivity contribution < 1.29 is 41.1 Å². The highest BCUT2D eigenvalue weighted by Gasteiger charge is 2.26. The van der Waals surface area contributed by atoms with Crippen LogP contribution in [0, 0.1) is 12.3 Å². The number of thiophene rings is 1. The van der Waals surface area contributed by atoms with Crippen LogP contribution in [0.1, 0.15) is 10.4 Å². The molecule has 0 saturated heterocycles. The van der Waals surface area contributed by atoms with Crippen molar-refractivity contribution in [3.8, 4) is 11.1 Å². The molecule has 6 N–H and O–H groups in total. The number of anilines is 1. The Bertz CT molecular complexity index is 1540. The van der Waals surface area contributed by atoms with Gasteiger partial charge in [-0.15, -0.1) is 23.1 Å². The van der Waals surface area contributed by atoms with E-state index in [1.807, 2.05) is 13.0 Å². The predicted octanol–water partition coefficient (Wildman–Crippen LogP) is 4.52. The van der Waals surface area contributed by atoms with E-state index in [1.54, 1.807) is 30.5 Å². The minimum absolute atomic E-state index is 0.0535. The molecule has 0 aliphatic carbocycles. The van der Waals surface area contributed by atoms with Gasteiger partial charge >= 0.3 is 18.2 Å². The smallest absolute Gasteiger partial charge is 0.446 e. The van der Waals surface area contributed by atoms with Crippen LogP contribution in [0.15, 0.2) is 62.5 Å². The van der Waals surface area contributed by atoms with Crippen molar-refractivity contribution in [2.45, 2.75) is 27.1 Å². The molecule has 2 amide bonds. The van der Waals surface area contributed by atoms with Crippen LogP contribution in [0.4, 0.5) is 23.7 Å². The number of nitrogens with one attached hydrogen (secondary N) is 3. The van der Waals surface area contributed by atoms with Crippen LogP contribution < -0.4 is 16.4 Å². The van der Waals surface area contributed by atoms with Crippen LogP contribution in [-0.2, 0) is 19.4 Å². The molecule has 1 heterocycles. The summed E-state index contributed by atoms with van der Waals surface area (Å²) in [6.07, 6.45) is -3.95. The number of sulfone groups is 1. The molecule has 40 heavy (non-hydrogen) atoms. The molecule has 3 rings (SSSR count). The lowest BCUT2D eigenvalue weighted by Gasteiger charge is -2.15. The van der Waals surface area contributed by atoms with Crippen molar-refractivity contribution in [1.82, 2.24) is 5.32 Å². The zero-order valence-electron chi connectivity index (χ0n) is 20.8. The van der Waals surface area contributed by atoms with Crippen LogP contribution >= 0.6 is 23.1 Å². The topological polar surface area (TPSA) is 180 Å². The number of benzene rings is 2. The quantitative estimate of drug-likeness (QED) is 0.106. The first-order valence-electron chi connectivity index (χ1n) is 10.9. The van der Waals surface area contributed by atoms with E-state index in [1.165, 1.54) is 30.0 Å². The number of carboxylic acids is 1. The molecule has 3 aromatic rings. The number of nitrogens with two attached hydrogens (primary N) is 1. The van der Waals surface area contributed by atoms with Gasteiger partial charge in [-0.2, -0.15) is 13.2 Å². The van der Waals surface area contributed by atoms with Crippen LogP contribution in [-0.4, -0.2) is 56.6 Å². The molecule has 0 radical (unpaired) electrons. The van der Waals surface area contributed by atoms with Crippen LogP contribution in [0.5, 0.6) is 0 Å². The molecule has 16 heteroatoms. The summed E-state index contributed by atoms with van der Waals surface area (Å²) in [5.41, 5.74) is 7.90. The maximum absolute atomic E-state index is 13.5. The van der Waals surface area contributed by atoms with Gasteiger partial charge in [-0.05, 0) is 48.6 Å². The molecule has 214 valence electrons. The Balaban J connectivity index is 0.000000840. The van der Waals surface area contributed by atoms with Crippen molar-refractivity contribution in [3.05, 3.63) is 59.0 Å². The fraction of sp³-hybridized carbons (Fsp3) is 0.167. The molecule has 0 unspecified atom stereocenters. The van der Waals surface area contributed by atoms with E-state index < -0.39 is 40.8 Å². The largest absolute Gasteiger partial charge is 0.480 e. The highest BCUT2D eigenvalue weighted by Crippen LogP contribution is 2.38. The minimum atomic E-state index is -4.64. The minimum Gasteiger partial charge on any atom is -0.480 e. The van der Waals surface area contributed by atoms with Gasteiger partial charge in [0.1, 0.15) is 12.4 Å². The lowest BCUT2D eigenvalue weighted by molar-refractivity contribution is -0.156. The maximum Gasteiger partial charge on any atom is 0.446 e. The number of carbonyl (C=O) groups is 3. The number of aryl methyl sites for hydroxylation is 1. The van der Waals surface area contributed by atoms with E-state index in [2.05, 4.69) is 10.6 Å². The average molecular weight is 617 g/mol. The first kappa shape index (κ1) is 32.3. The maximum atomic E-state index is 13.5. The van der Waals surface area contributed by atoms with Crippen molar-refractivity contribution in [3.63, 3.8) is 0 Å². The zero-order chi connectivity index (χ0) is 30.3. The van der Waals surface area contributed by atoms with E-state index in [-0.39, 0.29) is 15.6 Å². The zero-order valence-corrected chi connectivity index (χ0v) is 23.3. The summed E-state index contributed by atoms with van der Waals surface area (Å²) in [4.78, 5) is 32.1. The normalized spacial score (nSPS) is 11.1. The number of hydrogen-bond acceptors (Lipinski definition) is 8. The Labute approximate surface area is 235 Å². The standard InChI is InChI=1S/C22H22N4O5S3.C2HF3O/c1-12-5-3-8-15(26-22(29)25-11-18(27)28)19(12)13-6-4-7-14(9-13)34(30,31)17-10-16(20(23)24)33-21(17)32-2;3-2(4,5)1-6/h3-10H,11H2,1-2H3,(H3,23,24)(H,27,28)(H2,25,26,29);1H. The van der Waals surface area contributed by atoms with E-state index in [0.29, 0.717) is 25.9 Å². The number of amidine groups is 1. The number of nitrogen functional groups attached to an aromatic ring is 1. The monoisotopic (exact) mass is 616 g/mol. The first-order valence-corrected chi connectivity index (χ1v) is 14.4. The molecule has 2 aromatic carbocycles. The summed E-state index contributed by atoms with van der Waals surface area (Å²) in [7, 11) is -3.92. The van der Waals surface area contributed by atoms with Gasteiger partial charge in [0.25, 0.3) is 0 Å². The number of aliphatic carboxylic acids is 1. The molecule has 1 aromatic heterocycles. The lowest BCUT2D eigenvalue weighted by Crippen LogP contribution is -2.33. The number of thioether (sulfide) groups is 1. The Kier molecular flexibility index (Phi) is 10.9. The van der Waals surface area contributed by atoms with Crippen LogP contribution in [0.25, 0.3) is 11.1 Å². The summed E-state index contributed by atoms with van der Waals surface area (Å²) in [5, 5.41) is 21.3. The van der Waals surface area contributed by atoms with Crippen molar-refractivity contribution in [2.75, 3.05) is 18.1 Å². The molecule has 0 aliphatic rings. The van der Waals surface area contributed by atoms with Gasteiger partial charge in [0.15, 0.2) is 0 Å². The summed E-state index contributed by atoms with van der Waals surface area (Å²) in [6.45, 7) is 1.28. The molecule has 0 aliphatic heterocycles. The molecule has 0 atom stereocenters. The Morgan fingerprint density at radius 3 is 2.35 bits per heavy atom. The lowest BCUT2D eigenvalue weighted by atomic mass is 9.98. The fourth-order valence-electron chi connectivity index (χ4n) is 3.24. The Morgan fingerprint density at radius 2 is 1.80 bits per heavy atom. The summed E-state index contributed by atoms with van der Waals surface area (Å²) in [6, 6.07) is 12.3. The number of amides is 2. The molecular formula is C24H23F3N4O6S3. The predicted molar refractivity (Wildman–Crippen MR) is 146 cm³/mol. The van der Waals surface area contributed by atoms with Gasteiger partial charge in [-0.25, -0.2) is 13.2 Å². The number of urea groups is 1. The number of rotatable bonds is 8. The second-order valence-electron chi connectivity index (χ2n) is 7.77. The number of aldehydes is 1. The van der Waals surface area contributed by atoms with E-state index in [4.69, 9.17) is 21.0 Å². The van der Waals surface area contributed by atoms with Crippen molar-refractivity contribution in [1.29, 1.82) is 5.41 Å². The summed E-state index contributed by atoms with van der Waals surface area (Å²) >= 11 is 2.41. The van der Waals surface area contributed by atoms with Crippen molar-refractivity contribution in [2.24, 2.45) is 5.73 Å².